The Labute approximate surface area is 102 Å². The quantitative estimate of drug-likeness (QED) is 0.875. The Morgan fingerprint density at radius 3 is 2.71 bits per heavy atom. The van der Waals surface area contributed by atoms with Gasteiger partial charge in [0.2, 0.25) is 0 Å². The minimum absolute atomic E-state index is 0.957. The summed E-state index contributed by atoms with van der Waals surface area (Å²) in [6.07, 6.45) is 1.03. The summed E-state index contributed by atoms with van der Waals surface area (Å²) in [4.78, 5) is 0. The molecular formula is C14H20N2O. The van der Waals surface area contributed by atoms with Crippen molar-refractivity contribution >= 4 is 10.9 Å². The van der Waals surface area contributed by atoms with Gasteiger partial charge in [-0.15, -0.1) is 0 Å². The van der Waals surface area contributed by atoms with E-state index in [1.165, 1.54) is 22.2 Å². The lowest BCUT2D eigenvalue weighted by Crippen LogP contribution is -2.12. The molecule has 0 fully saturated rings. The van der Waals surface area contributed by atoms with Crippen molar-refractivity contribution in [2.24, 2.45) is 7.05 Å². The maximum Gasteiger partial charge on any atom is 0.143 e. The van der Waals surface area contributed by atoms with Gasteiger partial charge in [0, 0.05) is 31.1 Å². The molecule has 1 aromatic heterocycles. The van der Waals surface area contributed by atoms with E-state index in [9.17, 15) is 0 Å². The number of hydrogen-bond acceptors (Lipinski definition) is 2. The Hall–Kier alpha value is -1.48. The van der Waals surface area contributed by atoms with Crippen LogP contribution in [0.5, 0.6) is 5.75 Å². The molecular weight excluding hydrogens is 212 g/mol. The fourth-order valence-corrected chi connectivity index (χ4v) is 2.31. The average molecular weight is 232 g/mol. The second kappa shape index (κ2) is 4.80. The molecule has 1 aromatic carbocycles. The molecule has 0 atom stereocenters. The predicted octanol–water partition coefficient (Wildman–Crippen LogP) is 2.26. The zero-order chi connectivity index (χ0) is 12.4. The van der Waals surface area contributed by atoms with Crippen molar-refractivity contribution in [3.63, 3.8) is 0 Å². The number of fused-ring (bicyclic) bond motifs is 1. The third kappa shape index (κ3) is 2.15. The van der Waals surface area contributed by atoms with Gasteiger partial charge in [-0.2, -0.15) is 0 Å². The lowest BCUT2D eigenvalue weighted by molar-refractivity contribution is 0.417. The summed E-state index contributed by atoms with van der Waals surface area (Å²) >= 11 is 0. The summed E-state index contributed by atoms with van der Waals surface area (Å²) in [5.74, 6) is 0.957. The number of benzene rings is 1. The number of ether oxygens (including phenoxy) is 1. The SMILES string of the molecule is CNCCc1cc2cc(C)cc(OC)c2n1C. The van der Waals surface area contributed by atoms with Crippen molar-refractivity contribution in [2.75, 3.05) is 20.7 Å². The first-order valence-electron chi connectivity index (χ1n) is 5.95. The van der Waals surface area contributed by atoms with Crippen LogP contribution in [0.1, 0.15) is 11.3 Å². The van der Waals surface area contributed by atoms with Gasteiger partial charge < -0.3 is 14.6 Å². The van der Waals surface area contributed by atoms with E-state index in [1.54, 1.807) is 7.11 Å². The number of likely N-dealkylation sites (N-methyl/N-ethyl adjacent to an activating group) is 1. The van der Waals surface area contributed by atoms with Crippen molar-refractivity contribution in [3.8, 4) is 5.75 Å². The highest BCUT2D eigenvalue weighted by molar-refractivity contribution is 5.87. The highest BCUT2D eigenvalue weighted by atomic mass is 16.5. The number of methoxy groups -OCH3 is 1. The van der Waals surface area contributed by atoms with Crippen LogP contribution in [0.2, 0.25) is 0 Å². The van der Waals surface area contributed by atoms with E-state index in [0.717, 1.165) is 18.7 Å². The molecule has 0 bridgehead atoms. The second-order valence-electron chi connectivity index (χ2n) is 4.45. The molecule has 0 spiro atoms. The number of nitrogens with one attached hydrogen (secondary N) is 1. The van der Waals surface area contributed by atoms with Gasteiger partial charge in [-0.3, -0.25) is 0 Å². The van der Waals surface area contributed by atoms with Crippen LogP contribution in [0.25, 0.3) is 10.9 Å². The Balaban J connectivity index is 2.56. The molecule has 2 aromatic rings. The molecule has 0 aliphatic carbocycles. The second-order valence-corrected chi connectivity index (χ2v) is 4.45. The number of hydrogen-bond donors (Lipinski definition) is 1. The first-order chi connectivity index (χ1) is 8.17. The average Bonchev–Trinajstić information content (AvgIpc) is 2.62. The third-order valence-corrected chi connectivity index (χ3v) is 3.19. The van der Waals surface area contributed by atoms with Gasteiger partial charge in [0.05, 0.1) is 12.6 Å². The molecule has 0 aliphatic heterocycles. The smallest absolute Gasteiger partial charge is 0.143 e. The summed E-state index contributed by atoms with van der Waals surface area (Å²) in [5.41, 5.74) is 3.75. The Morgan fingerprint density at radius 1 is 1.29 bits per heavy atom. The molecule has 3 heteroatoms. The normalized spacial score (nSPS) is 11.1. The van der Waals surface area contributed by atoms with Crippen molar-refractivity contribution in [3.05, 3.63) is 29.5 Å². The summed E-state index contributed by atoms with van der Waals surface area (Å²) in [5, 5.41) is 4.44. The Morgan fingerprint density at radius 2 is 2.06 bits per heavy atom. The standard InChI is InChI=1S/C14H20N2O/c1-10-7-11-9-12(5-6-15-2)16(3)14(11)13(8-10)17-4/h7-9,15H,5-6H2,1-4H3. The molecule has 3 nitrogen and oxygen atoms in total. The molecule has 1 heterocycles. The molecule has 0 aliphatic rings. The monoisotopic (exact) mass is 232 g/mol. The lowest BCUT2D eigenvalue weighted by Gasteiger charge is -2.08. The van der Waals surface area contributed by atoms with Crippen LogP contribution < -0.4 is 10.1 Å². The van der Waals surface area contributed by atoms with Crippen molar-refractivity contribution in [2.45, 2.75) is 13.3 Å². The summed E-state index contributed by atoms with van der Waals surface area (Å²) < 4.78 is 7.70. The summed E-state index contributed by atoms with van der Waals surface area (Å²) in [6, 6.07) is 6.55. The van der Waals surface area contributed by atoms with Crippen LogP contribution in [0.4, 0.5) is 0 Å². The molecule has 17 heavy (non-hydrogen) atoms. The number of nitrogens with zero attached hydrogens (tertiary/aromatic N) is 1. The summed E-state index contributed by atoms with van der Waals surface area (Å²) in [7, 11) is 5.81. The van der Waals surface area contributed by atoms with E-state index in [-0.39, 0.29) is 0 Å². The van der Waals surface area contributed by atoms with E-state index >= 15 is 0 Å². The van der Waals surface area contributed by atoms with Crippen LogP contribution in [-0.2, 0) is 13.5 Å². The molecule has 0 saturated carbocycles. The molecule has 0 amide bonds. The highest BCUT2D eigenvalue weighted by Crippen LogP contribution is 2.29. The molecule has 2 rings (SSSR count). The van der Waals surface area contributed by atoms with Crippen LogP contribution in [0, 0.1) is 6.92 Å². The highest BCUT2D eigenvalue weighted by Gasteiger charge is 2.10. The molecule has 1 N–H and O–H groups in total. The molecule has 92 valence electrons. The van der Waals surface area contributed by atoms with Crippen molar-refractivity contribution in [1.82, 2.24) is 9.88 Å². The Bertz CT molecular complexity index is 528. The lowest BCUT2D eigenvalue weighted by atomic mass is 10.1. The first-order valence-corrected chi connectivity index (χ1v) is 5.95. The van der Waals surface area contributed by atoms with Crippen LogP contribution in [0.3, 0.4) is 0 Å². The zero-order valence-electron chi connectivity index (χ0n) is 11.0. The van der Waals surface area contributed by atoms with E-state index in [4.69, 9.17) is 4.74 Å². The minimum atomic E-state index is 0.957. The van der Waals surface area contributed by atoms with Gasteiger partial charge >= 0.3 is 0 Å². The van der Waals surface area contributed by atoms with Gasteiger partial charge in [-0.1, -0.05) is 0 Å². The van der Waals surface area contributed by atoms with Gasteiger partial charge in [0.25, 0.3) is 0 Å². The van der Waals surface area contributed by atoms with E-state index in [0.29, 0.717) is 0 Å². The topological polar surface area (TPSA) is 26.2 Å². The van der Waals surface area contributed by atoms with E-state index in [2.05, 4.69) is 42.1 Å². The van der Waals surface area contributed by atoms with Gasteiger partial charge in [0.1, 0.15) is 5.75 Å². The number of aryl methyl sites for hydroxylation is 2. The maximum absolute atomic E-state index is 5.47. The molecule has 0 saturated heterocycles. The Kier molecular flexibility index (Phi) is 3.38. The van der Waals surface area contributed by atoms with E-state index in [1.807, 2.05) is 7.05 Å². The summed E-state index contributed by atoms with van der Waals surface area (Å²) in [6.45, 7) is 3.09. The minimum Gasteiger partial charge on any atom is -0.495 e. The van der Waals surface area contributed by atoms with Crippen LogP contribution >= 0.6 is 0 Å². The van der Waals surface area contributed by atoms with Gasteiger partial charge in [0.15, 0.2) is 0 Å². The van der Waals surface area contributed by atoms with Crippen LogP contribution in [-0.4, -0.2) is 25.3 Å². The predicted molar refractivity (Wildman–Crippen MR) is 71.8 cm³/mol. The van der Waals surface area contributed by atoms with Crippen molar-refractivity contribution < 1.29 is 4.74 Å². The van der Waals surface area contributed by atoms with Crippen LogP contribution in [0.15, 0.2) is 18.2 Å². The first kappa shape index (κ1) is 12.0. The largest absolute Gasteiger partial charge is 0.495 e. The maximum atomic E-state index is 5.47. The van der Waals surface area contributed by atoms with Crippen molar-refractivity contribution in [1.29, 1.82) is 0 Å². The third-order valence-electron chi connectivity index (χ3n) is 3.19. The fraction of sp³-hybridized carbons (Fsp3) is 0.429. The fourth-order valence-electron chi connectivity index (χ4n) is 2.31. The molecule has 0 unspecified atom stereocenters. The van der Waals surface area contributed by atoms with Gasteiger partial charge in [-0.05, 0) is 37.7 Å². The van der Waals surface area contributed by atoms with Gasteiger partial charge in [-0.25, -0.2) is 0 Å². The van der Waals surface area contributed by atoms with E-state index < -0.39 is 0 Å². The number of aromatic nitrogens is 1. The molecule has 0 radical (unpaired) electrons. The number of rotatable bonds is 4. The zero-order valence-corrected chi connectivity index (χ0v) is 11.0.